The average molecular weight is 262 g/mol. The molecule has 0 aromatic heterocycles. The number of phenolic OH excluding ortho intramolecular Hbond substituents is 1. The number of phenols is 1. The van der Waals surface area contributed by atoms with E-state index in [9.17, 15) is 9.90 Å². The Hall–Kier alpha value is -1.55. The van der Waals surface area contributed by atoms with Crippen LogP contribution in [0.1, 0.15) is 41.6 Å². The lowest BCUT2D eigenvalue weighted by molar-refractivity contribution is 0.0929. The van der Waals surface area contributed by atoms with E-state index in [-0.39, 0.29) is 17.1 Å². The van der Waals surface area contributed by atoms with E-state index in [1.54, 1.807) is 25.1 Å². The highest BCUT2D eigenvalue weighted by atomic mass is 16.3. The van der Waals surface area contributed by atoms with E-state index < -0.39 is 0 Å². The molecule has 1 fully saturated rings. The quantitative estimate of drug-likeness (QED) is 0.776. The first kappa shape index (κ1) is 13.9. The molecule has 0 unspecified atom stereocenters. The molecule has 4 nitrogen and oxygen atoms in total. The summed E-state index contributed by atoms with van der Waals surface area (Å²) in [4.78, 5) is 12.1. The molecule has 0 aliphatic heterocycles. The van der Waals surface area contributed by atoms with Gasteiger partial charge in [0.1, 0.15) is 5.75 Å². The summed E-state index contributed by atoms with van der Waals surface area (Å²) in [6, 6.07) is 5.20. The third kappa shape index (κ3) is 2.89. The van der Waals surface area contributed by atoms with Crippen molar-refractivity contribution in [2.24, 2.45) is 11.1 Å². The number of amides is 1. The highest BCUT2D eigenvalue weighted by Gasteiger charge is 2.32. The molecule has 0 bridgehead atoms. The maximum Gasteiger partial charge on any atom is 0.255 e. The average Bonchev–Trinajstić information content (AvgIpc) is 2.89. The predicted octanol–water partition coefficient (Wildman–Crippen LogP) is 1.95. The number of aromatic hydroxyl groups is 1. The van der Waals surface area contributed by atoms with Crippen LogP contribution in [0.5, 0.6) is 5.75 Å². The van der Waals surface area contributed by atoms with Gasteiger partial charge in [-0.2, -0.15) is 0 Å². The van der Waals surface area contributed by atoms with Crippen LogP contribution in [0.2, 0.25) is 0 Å². The Balaban J connectivity index is 2.03. The minimum atomic E-state index is -0.221. The summed E-state index contributed by atoms with van der Waals surface area (Å²) in [5, 5.41) is 12.8. The molecule has 1 aliphatic rings. The fourth-order valence-electron chi connectivity index (χ4n) is 2.78. The van der Waals surface area contributed by atoms with Crippen molar-refractivity contribution in [1.29, 1.82) is 0 Å². The molecule has 19 heavy (non-hydrogen) atoms. The summed E-state index contributed by atoms with van der Waals surface area (Å²) in [5.41, 5.74) is 6.95. The van der Waals surface area contributed by atoms with Crippen molar-refractivity contribution in [3.05, 3.63) is 29.3 Å². The molecule has 2 rings (SSSR count). The molecule has 0 heterocycles. The molecule has 104 valence electrons. The number of aryl methyl sites for hydroxylation is 1. The van der Waals surface area contributed by atoms with E-state index in [4.69, 9.17) is 5.73 Å². The maximum atomic E-state index is 12.1. The minimum Gasteiger partial charge on any atom is -0.507 e. The Morgan fingerprint density at radius 2 is 2.11 bits per heavy atom. The summed E-state index contributed by atoms with van der Waals surface area (Å²) < 4.78 is 0. The van der Waals surface area contributed by atoms with Gasteiger partial charge in [-0.1, -0.05) is 25.0 Å². The molecular weight excluding hydrogens is 240 g/mol. The van der Waals surface area contributed by atoms with Crippen LogP contribution in [0.3, 0.4) is 0 Å². The van der Waals surface area contributed by atoms with Gasteiger partial charge in [0, 0.05) is 6.54 Å². The second-order valence-corrected chi connectivity index (χ2v) is 5.56. The SMILES string of the molecule is Cc1cccc(C(=O)NCC2(CN)CCCC2)c1O. The van der Waals surface area contributed by atoms with Crippen molar-refractivity contribution in [3.63, 3.8) is 0 Å². The molecule has 4 heteroatoms. The van der Waals surface area contributed by atoms with Crippen molar-refractivity contribution in [2.75, 3.05) is 13.1 Å². The van der Waals surface area contributed by atoms with Crippen LogP contribution in [0, 0.1) is 12.3 Å². The van der Waals surface area contributed by atoms with Crippen LogP contribution in [0.4, 0.5) is 0 Å². The van der Waals surface area contributed by atoms with Crippen molar-refractivity contribution in [1.82, 2.24) is 5.32 Å². The van der Waals surface area contributed by atoms with Crippen LogP contribution in [0.15, 0.2) is 18.2 Å². The number of benzene rings is 1. The highest BCUT2D eigenvalue weighted by molar-refractivity contribution is 5.97. The van der Waals surface area contributed by atoms with Gasteiger partial charge < -0.3 is 16.2 Å². The summed E-state index contributed by atoms with van der Waals surface area (Å²) >= 11 is 0. The first-order valence-corrected chi connectivity index (χ1v) is 6.85. The minimum absolute atomic E-state index is 0.0507. The number of hydrogen-bond acceptors (Lipinski definition) is 3. The third-order valence-electron chi connectivity index (χ3n) is 4.20. The Morgan fingerprint density at radius 1 is 1.42 bits per heavy atom. The standard InChI is InChI=1S/C15H22N2O2/c1-11-5-4-6-12(13(11)18)14(19)17-10-15(9-16)7-2-3-8-15/h4-6,18H,2-3,7-10,16H2,1H3,(H,17,19). The number of nitrogens with two attached hydrogens (primary N) is 1. The summed E-state index contributed by atoms with van der Waals surface area (Å²) in [6.07, 6.45) is 4.51. The Labute approximate surface area is 114 Å². The summed E-state index contributed by atoms with van der Waals surface area (Å²) in [6.45, 7) is 2.98. The van der Waals surface area contributed by atoms with E-state index in [1.165, 1.54) is 12.8 Å². The number of rotatable bonds is 4. The van der Waals surface area contributed by atoms with Crippen molar-refractivity contribution < 1.29 is 9.90 Å². The maximum absolute atomic E-state index is 12.1. The van der Waals surface area contributed by atoms with Crippen molar-refractivity contribution >= 4 is 5.91 Å². The largest absolute Gasteiger partial charge is 0.507 e. The van der Waals surface area contributed by atoms with Gasteiger partial charge in [-0.3, -0.25) is 4.79 Å². The van der Waals surface area contributed by atoms with Crippen LogP contribution in [-0.2, 0) is 0 Å². The lowest BCUT2D eigenvalue weighted by atomic mass is 9.86. The molecule has 0 radical (unpaired) electrons. The van der Waals surface area contributed by atoms with Gasteiger partial charge >= 0.3 is 0 Å². The molecule has 0 atom stereocenters. The first-order valence-electron chi connectivity index (χ1n) is 6.85. The van der Waals surface area contributed by atoms with E-state index in [0.717, 1.165) is 12.8 Å². The number of nitrogens with one attached hydrogen (secondary N) is 1. The Kier molecular flexibility index (Phi) is 4.10. The smallest absolute Gasteiger partial charge is 0.255 e. The van der Waals surface area contributed by atoms with Crippen LogP contribution in [0.25, 0.3) is 0 Å². The van der Waals surface area contributed by atoms with Gasteiger partial charge in [-0.25, -0.2) is 0 Å². The number of carbonyl (C=O) groups excluding carboxylic acids is 1. The lowest BCUT2D eigenvalue weighted by Crippen LogP contribution is -2.40. The first-order chi connectivity index (χ1) is 9.08. The predicted molar refractivity (Wildman–Crippen MR) is 75.1 cm³/mol. The highest BCUT2D eigenvalue weighted by Crippen LogP contribution is 2.36. The fraction of sp³-hybridized carbons (Fsp3) is 0.533. The van der Waals surface area contributed by atoms with Crippen molar-refractivity contribution in [2.45, 2.75) is 32.6 Å². The zero-order valence-electron chi connectivity index (χ0n) is 11.4. The Bertz CT molecular complexity index is 465. The second-order valence-electron chi connectivity index (χ2n) is 5.56. The van der Waals surface area contributed by atoms with E-state index in [1.807, 2.05) is 0 Å². The molecule has 1 aromatic rings. The molecule has 1 amide bonds. The topological polar surface area (TPSA) is 75.4 Å². The number of para-hydroxylation sites is 1. The van der Waals surface area contributed by atoms with Gasteiger partial charge in [0.2, 0.25) is 0 Å². The van der Waals surface area contributed by atoms with Gasteiger partial charge in [-0.05, 0) is 43.4 Å². The van der Waals surface area contributed by atoms with Gasteiger partial charge in [0.05, 0.1) is 5.56 Å². The lowest BCUT2D eigenvalue weighted by Gasteiger charge is -2.27. The summed E-state index contributed by atoms with van der Waals surface area (Å²) in [7, 11) is 0. The molecule has 1 aromatic carbocycles. The zero-order valence-corrected chi connectivity index (χ0v) is 11.4. The summed E-state index contributed by atoms with van der Waals surface area (Å²) in [5.74, 6) is -0.158. The third-order valence-corrected chi connectivity index (χ3v) is 4.20. The normalized spacial score (nSPS) is 17.4. The van der Waals surface area contributed by atoms with E-state index in [0.29, 0.717) is 24.2 Å². The number of hydrogen-bond donors (Lipinski definition) is 3. The van der Waals surface area contributed by atoms with Crippen LogP contribution >= 0.6 is 0 Å². The zero-order chi connectivity index (χ0) is 13.9. The molecular formula is C15H22N2O2. The molecule has 1 saturated carbocycles. The molecule has 0 saturated heterocycles. The van der Waals surface area contributed by atoms with Crippen LogP contribution < -0.4 is 11.1 Å². The molecule has 0 spiro atoms. The van der Waals surface area contributed by atoms with Gasteiger partial charge in [0.25, 0.3) is 5.91 Å². The van der Waals surface area contributed by atoms with Crippen LogP contribution in [-0.4, -0.2) is 24.1 Å². The van der Waals surface area contributed by atoms with E-state index in [2.05, 4.69) is 5.32 Å². The second kappa shape index (κ2) is 5.61. The fourth-order valence-corrected chi connectivity index (χ4v) is 2.78. The number of carbonyl (C=O) groups is 1. The Morgan fingerprint density at radius 3 is 2.74 bits per heavy atom. The van der Waals surface area contributed by atoms with Crippen molar-refractivity contribution in [3.8, 4) is 5.75 Å². The molecule has 1 aliphatic carbocycles. The van der Waals surface area contributed by atoms with E-state index >= 15 is 0 Å². The van der Waals surface area contributed by atoms with Gasteiger partial charge in [-0.15, -0.1) is 0 Å². The molecule has 4 N–H and O–H groups in total. The van der Waals surface area contributed by atoms with Gasteiger partial charge in [0.15, 0.2) is 0 Å². The monoisotopic (exact) mass is 262 g/mol.